The summed E-state index contributed by atoms with van der Waals surface area (Å²) in [5.74, 6) is 4.37. The zero-order chi connectivity index (χ0) is 51.4. The molecule has 11 rings (SSSR count). The second kappa shape index (κ2) is 18.4. The Bertz CT molecular complexity index is 2820. The normalized spacial score (nSPS) is 24.3. The van der Waals surface area contributed by atoms with E-state index in [1.807, 2.05) is 5.56 Å². The van der Waals surface area contributed by atoms with Crippen LogP contribution in [0.25, 0.3) is 33.4 Å². The van der Waals surface area contributed by atoms with Crippen molar-refractivity contribution >= 4 is 17.1 Å². The lowest BCUT2D eigenvalue weighted by atomic mass is 9.63. The van der Waals surface area contributed by atoms with E-state index in [4.69, 9.17) is 0 Å². The predicted octanol–water partition coefficient (Wildman–Crippen LogP) is 21.4. The summed E-state index contributed by atoms with van der Waals surface area (Å²) >= 11 is 0. The Morgan fingerprint density at radius 3 is 1.07 bits per heavy atom. The monoisotopic (exact) mass is 968 g/mol. The van der Waals surface area contributed by atoms with Gasteiger partial charge < -0.3 is 4.90 Å². The fraction of sp³-hybridized carbons (Fsp3) is 0.500. The molecule has 0 amide bonds. The highest BCUT2D eigenvalue weighted by molar-refractivity contribution is 5.88. The van der Waals surface area contributed by atoms with E-state index in [1.54, 1.807) is 11.1 Å². The molecule has 0 radical (unpaired) electrons. The standard InChI is InChI=1S/C72H89N/c1-68(2,3)51-30-22-47(23-31-51)61-42-50(43-62(48-24-32-52(33-25-48)69(4,5)6)67(61)49-26-34-53(35-27-49)70(7,8)9)46-28-36-54(37-29-46)73(55-38-40-59-57-18-14-16-20-63(57)71(10,11)65(59)44-55)56-39-41-60-58-19-15-17-21-64(58)72(12,13)66(60)45-56/h14-21,28-29,36-45,47-49,51-53H,22-27,30-35H2,1-13H3. The second-order valence-corrected chi connectivity index (χ2v) is 28.5. The van der Waals surface area contributed by atoms with Gasteiger partial charge in [-0.3, -0.25) is 0 Å². The van der Waals surface area contributed by atoms with Crippen LogP contribution in [0.4, 0.5) is 17.1 Å². The zero-order valence-corrected chi connectivity index (χ0v) is 47.4. The molecule has 1 heteroatoms. The molecule has 0 N–H and O–H groups in total. The quantitative estimate of drug-likeness (QED) is 0.154. The minimum absolute atomic E-state index is 0.0927. The number of anilines is 3. The van der Waals surface area contributed by atoms with Crippen molar-refractivity contribution in [3.8, 4) is 33.4 Å². The van der Waals surface area contributed by atoms with Crippen LogP contribution in [0.15, 0.2) is 121 Å². The molecule has 0 bridgehead atoms. The molecular weight excluding hydrogens is 879 g/mol. The van der Waals surface area contributed by atoms with Gasteiger partial charge in [-0.25, -0.2) is 0 Å². The Kier molecular flexibility index (Phi) is 12.7. The van der Waals surface area contributed by atoms with Crippen LogP contribution < -0.4 is 4.90 Å². The molecule has 0 spiro atoms. The van der Waals surface area contributed by atoms with Gasteiger partial charge in [0.2, 0.25) is 0 Å². The van der Waals surface area contributed by atoms with Crippen LogP contribution >= 0.6 is 0 Å². The van der Waals surface area contributed by atoms with Crippen LogP contribution in [-0.4, -0.2) is 0 Å². The third-order valence-electron chi connectivity index (χ3n) is 20.5. The fourth-order valence-corrected chi connectivity index (χ4v) is 15.7. The van der Waals surface area contributed by atoms with Gasteiger partial charge in [-0.15, -0.1) is 0 Å². The van der Waals surface area contributed by atoms with E-state index in [2.05, 4.69) is 216 Å². The number of hydrogen-bond donors (Lipinski definition) is 0. The van der Waals surface area contributed by atoms with Crippen molar-refractivity contribution in [3.63, 3.8) is 0 Å². The average molecular weight is 969 g/mol. The topological polar surface area (TPSA) is 3.24 Å². The zero-order valence-electron chi connectivity index (χ0n) is 47.4. The van der Waals surface area contributed by atoms with Gasteiger partial charge in [-0.2, -0.15) is 0 Å². The molecule has 73 heavy (non-hydrogen) atoms. The van der Waals surface area contributed by atoms with Gasteiger partial charge in [-0.1, -0.05) is 175 Å². The molecule has 5 aliphatic carbocycles. The first-order valence-electron chi connectivity index (χ1n) is 29.2. The van der Waals surface area contributed by atoms with Gasteiger partial charge in [0.1, 0.15) is 0 Å². The third kappa shape index (κ3) is 9.07. The summed E-state index contributed by atoms with van der Waals surface area (Å²) in [6.45, 7) is 32.1. The molecule has 0 aromatic heterocycles. The summed E-state index contributed by atoms with van der Waals surface area (Å²) in [6.07, 6.45) is 16.1. The summed E-state index contributed by atoms with van der Waals surface area (Å²) in [6, 6.07) is 48.0. The summed E-state index contributed by atoms with van der Waals surface area (Å²) in [5, 5.41) is 0. The molecule has 0 unspecified atom stereocenters. The smallest absolute Gasteiger partial charge is 0.0465 e. The molecular formula is C72H89N. The number of rotatable bonds is 7. The van der Waals surface area contributed by atoms with Crippen LogP contribution in [0.1, 0.15) is 224 Å². The molecule has 6 aromatic rings. The summed E-state index contributed by atoms with van der Waals surface area (Å²) in [7, 11) is 0. The van der Waals surface area contributed by atoms with Crippen molar-refractivity contribution < 1.29 is 0 Å². The molecule has 3 fully saturated rings. The number of nitrogens with zero attached hydrogens (tertiary/aromatic N) is 1. The SMILES string of the molecule is CC1(C)c2ccccc2-c2ccc(N(c3ccc(-c4cc(C5CCC(C(C)(C)C)CC5)c(C5CCC(C(C)(C)C)CC5)c(C5CCC(C(C)(C)C)CC5)c4)cc3)c3ccc4c(c3)C(C)(C)c3ccccc3-4)cc21. The van der Waals surface area contributed by atoms with Crippen molar-refractivity contribution in [2.24, 2.45) is 34.0 Å². The van der Waals surface area contributed by atoms with Crippen LogP contribution in [0, 0.1) is 34.0 Å². The maximum Gasteiger partial charge on any atom is 0.0465 e. The molecule has 0 saturated heterocycles. The van der Waals surface area contributed by atoms with E-state index in [0.717, 1.165) is 17.8 Å². The van der Waals surface area contributed by atoms with Crippen molar-refractivity contribution in [1.29, 1.82) is 0 Å². The third-order valence-corrected chi connectivity index (χ3v) is 20.5. The van der Waals surface area contributed by atoms with Gasteiger partial charge in [0.25, 0.3) is 0 Å². The highest BCUT2D eigenvalue weighted by atomic mass is 15.1. The molecule has 3 saturated carbocycles. The largest absolute Gasteiger partial charge is 0.310 e. The van der Waals surface area contributed by atoms with Crippen molar-refractivity contribution in [1.82, 2.24) is 0 Å². The van der Waals surface area contributed by atoms with Gasteiger partial charge in [0.15, 0.2) is 0 Å². The van der Waals surface area contributed by atoms with E-state index >= 15 is 0 Å². The highest BCUT2D eigenvalue weighted by Crippen LogP contribution is 2.56. The first kappa shape index (κ1) is 50.3. The molecule has 382 valence electrons. The number of benzene rings is 6. The molecule has 6 aromatic carbocycles. The Morgan fingerprint density at radius 2 is 0.685 bits per heavy atom. The van der Waals surface area contributed by atoms with Crippen LogP contribution in [0.2, 0.25) is 0 Å². The number of hydrogen-bond acceptors (Lipinski definition) is 1. The molecule has 0 heterocycles. The number of fused-ring (bicyclic) bond motifs is 6. The second-order valence-electron chi connectivity index (χ2n) is 28.5. The average Bonchev–Trinajstić information content (AvgIpc) is 3.74. The molecule has 0 atom stereocenters. The molecule has 5 aliphatic rings. The van der Waals surface area contributed by atoms with Crippen LogP contribution in [0.5, 0.6) is 0 Å². The van der Waals surface area contributed by atoms with Crippen molar-refractivity contribution in [2.45, 2.75) is 196 Å². The van der Waals surface area contributed by atoms with Crippen LogP contribution in [0.3, 0.4) is 0 Å². The molecule has 0 aliphatic heterocycles. The minimum atomic E-state index is -0.0927. The Labute approximate surface area is 443 Å². The lowest BCUT2D eigenvalue weighted by Gasteiger charge is -2.42. The van der Waals surface area contributed by atoms with Gasteiger partial charge >= 0.3 is 0 Å². The van der Waals surface area contributed by atoms with Crippen molar-refractivity contribution in [2.75, 3.05) is 4.90 Å². The highest BCUT2D eigenvalue weighted by Gasteiger charge is 2.41. The minimum Gasteiger partial charge on any atom is -0.310 e. The van der Waals surface area contributed by atoms with Gasteiger partial charge in [0, 0.05) is 27.9 Å². The van der Waals surface area contributed by atoms with E-state index in [-0.39, 0.29) is 10.8 Å². The lowest BCUT2D eigenvalue weighted by molar-refractivity contribution is 0.161. The van der Waals surface area contributed by atoms with E-state index in [0.29, 0.717) is 34.0 Å². The predicted molar refractivity (Wildman–Crippen MR) is 314 cm³/mol. The Morgan fingerprint density at radius 1 is 0.342 bits per heavy atom. The lowest BCUT2D eigenvalue weighted by Crippen LogP contribution is -2.29. The van der Waals surface area contributed by atoms with Crippen LogP contribution in [-0.2, 0) is 10.8 Å². The van der Waals surface area contributed by atoms with E-state index in [9.17, 15) is 0 Å². The fourth-order valence-electron chi connectivity index (χ4n) is 15.7. The van der Waals surface area contributed by atoms with Crippen molar-refractivity contribution in [3.05, 3.63) is 160 Å². The summed E-state index contributed by atoms with van der Waals surface area (Å²) < 4.78 is 0. The Balaban J connectivity index is 1.03. The Hall–Kier alpha value is -4.88. The first-order chi connectivity index (χ1) is 34.6. The maximum atomic E-state index is 2.75. The first-order valence-corrected chi connectivity index (χ1v) is 29.2. The van der Waals surface area contributed by atoms with E-state index in [1.165, 1.54) is 150 Å². The summed E-state index contributed by atoms with van der Waals surface area (Å²) in [5.41, 5.74) is 23.8. The van der Waals surface area contributed by atoms with E-state index < -0.39 is 0 Å². The maximum absolute atomic E-state index is 2.75. The van der Waals surface area contributed by atoms with Gasteiger partial charge in [0.05, 0.1) is 0 Å². The summed E-state index contributed by atoms with van der Waals surface area (Å²) in [4.78, 5) is 2.55. The molecule has 1 nitrogen and oxygen atoms in total. The van der Waals surface area contributed by atoms with Gasteiger partial charge in [-0.05, 0) is 238 Å².